The van der Waals surface area contributed by atoms with Gasteiger partial charge in [0.05, 0.1) is 5.56 Å². The van der Waals surface area contributed by atoms with Gasteiger partial charge in [0.15, 0.2) is 0 Å². The van der Waals surface area contributed by atoms with Crippen LogP contribution in [0.15, 0.2) is 109 Å². The molecule has 0 radical (unpaired) electrons. The van der Waals surface area contributed by atoms with E-state index in [1.807, 2.05) is 96.4 Å². The second-order valence-corrected chi connectivity index (χ2v) is 8.28. The van der Waals surface area contributed by atoms with E-state index in [1.54, 1.807) is 18.2 Å². The van der Waals surface area contributed by atoms with Gasteiger partial charge in [0.1, 0.15) is 23.0 Å². The summed E-state index contributed by atoms with van der Waals surface area (Å²) in [5.41, 5.74) is 5.26. The standard InChI is InChI=1S/C30H24N2O2/c1-21-16-18-23(19-17-21)27-28(29(34)25-14-8-9-15-26(25)33)32(20-22-10-4-2-5-11-22)30(31-27)24-12-6-3-7-13-24/h2-19,33H,20H2,1H3. The normalized spacial score (nSPS) is 10.9. The number of ketones is 1. The van der Waals surface area contributed by atoms with Crippen LogP contribution in [0.1, 0.15) is 27.2 Å². The Bertz CT molecular complexity index is 1440. The van der Waals surface area contributed by atoms with Crippen LogP contribution >= 0.6 is 0 Å². The van der Waals surface area contributed by atoms with E-state index in [2.05, 4.69) is 0 Å². The summed E-state index contributed by atoms with van der Waals surface area (Å²) in [6, 6.07) is 34.6. The second kappa shape index (κ2) is 9.20. The molecule has 4 nitrogen and oxygen atoms in total. The molecular formula is C30H24N2O2. The highest BCUT2D eigenvalue weighted by atomic mass is 16.3. The monoisotopic (exact) mass is 444 g/mol. The molecule has 166 valence electrons. The van der Waals surface area contributed by atoms with Gasteiger partial charge in [-0.15, -0.1) is 0 Å². The third-order valence-electron chi connectivity index (χ3n) is 5.87. The second-order valence-electron chi connectivity index (χ2n) is 8.28. The van der Waals surface area contributed by atoms with Crippen molar-refractivity contribution in [2.45, 2.75) is 13.5 Å². The first-order chi connectivity index (χ1) is 16.6. The summed E-state index contributed by atoms with van der Waals surface area (Å²) < 4.78 is 1.97. The Morgan fingerprint density at radius 1 is 0.765 bits per heavy atom. The summed E-state index contributed by atoms with van der Waals surface area (Å²) in [5, 5.41) is 10.5. The lowest BCUT2D eigenvalue weighted by Crippen LogP contribution is -2.13. The number of aromatic hydroxyl groups is 1. The zero-order chi connectivity index (χ0) is 23.5. The molecule has 5 rings (SSSR count). The number of carbonyl (C=O) groups excluding carboxylic acids is 1. The summed E-state index contributed by atoms with van der Waals surface area (Å²) in [5.74, 6) is 0.397. The Morgan fingerprint density at radius 2 is 1.38 bits per heavy atom. The molecule has 0 amide bonds. The van der Waals surface area contributed by atoms with Crippen LogP contribution < -0.4 is 0 Å². The Morgan fingerprint density at radius 3 is 2.06 bits per heavy atom. The molecule has 1 aromatic heterocycles. The van der Waals surface area contributed by atoms with Crippen molar-refractivity contribution in [1.82, 2.24) is 9.55 Å². The Hall–Kier alpha value is -4.44. The van der Waals surface area contributed by atoms with Gasteiger partial charge in [-0.1, -0.05) is 103 Å². The number of phenolic OH excluding ortho intramolecular Hbond substituents is 1. The minimum atomic E-state index is -0.265. The van der Waals surface area contributed by atoms with E-state index < -0.39 is 0 Å². The Labute approximate surface area is 198 Å². The van der Waals surface area contributed by atoms with Gasteiger partial charge >= 0.3 is 0 Å². The average molecular weight is 445 g/mol. The molecule has 0 spiro atoms. The van der Waals surface area contributed by atoms with Gasteiger partial charge < -0.3 is 9.67 Å². The Balaban J connectivity index is 1.79. The van der Waals surface area contributed by atoms with Crippen molar-refractivity contribution in [1.29, 1.82) is 0 Å². The number of nitrogens with zero attached hydrogens (tertiary/aromatic N) is 2. The first-order valence-electron chi connectivity index (χ1n) is 11.2. The van der Waals surface area contributed by atoms with Crippen LogP contribution in [0.2, 0.25) is 0 Å². The number of benzene rings is 4. The third-order valence-corrected chi connectivity index (χ3v) is 5.87. The molecule has 0 aliphatic rings. The molecule has 0 aliphatic heterocycles. The fourth-order valence-electron chi connectivity index (χ4n) is 4.12. The minimum absolute atomic E-state index is 0.0453. The number of hydrogen-bond donors (Lipinski definition) is 1. The van der Waals surface area contributed by atoms with Crippen molar-refractivity contribution in [3.63, 3.8) is 0 Å². The molecule has 0 atom stereocenters. The molecule has 4 aromatic carbocycles. The minimum Gasteiger partial charge on any atom is -0.507 e. The lowest BCUT2D eigenvalue weighted by Gasteiger charge is -2.13. The number of rotatable bonds is 6. The highest BCUT2D eigenvalue weighted by Crippen LogP contribution is 2.33. The number of phenols is 1. The third kappa shape index (κ3) is 4.14. The summed E-state index contributed by atoms with van der Waals surface area (Å²) in [4.78, 5) is 19.0. The molecule has 1 heterocycles. The van der Waals surface area contributed by atoms with Gasteiger partial charge in [0.2, 0.25) is 5.78 Å². The quantitative estimate of drug-likeness (QED) is 0.304. The number of carbonyl (C=O) groups is 1. The fourth-order valence-corrected chi connectivity index (χ4v) is 4.12. The van der Waals surface area contributed by atoms with Crippen LogP contribution in [0.4, 0.5) is 0 Å². The summed E-state index contributed by atoms with van der Waals surface area (Å²) >= 11 is 0. The largest absolute Gasteiger partial charge is 0.507 e. The van der Waals surface area contributed by atoms with Crippen LogP contribution in [-0.2, 0) is 6.54 Å². The van der Waals surface area contributed by atoms with Gasteiger partial charge in [0, 0.05) is 17.7 Å². The van der Waals surface area contributed by atoms with Gasteiger partial charge in [-0.25, -0.2) is 4.98 Å². The molecule has 0 bridgehead atoms. The number of para-hydroxylation sites is 1. The van der Waals surface area contributed by atoms with E-state index in [9.17, 15) is 9.90 Å². The highest BCUT2D eigenvalue weighted by Gasteiger charge is 2.27. The maximum absolute atomic E-state index is 14.0. The smallest absolute Gasteiger partial charge is 0.215 e. The number of imidazole rings is 1. The van der Waals surface area contributed by atoms with Crippen molar-refractivity contribution in [2.24, 2.45) is 0 Å². The molecule has 0 aliphatic carbocycles. The van der Waals surface area contributed by atoms with Gasteiger partial charge in [-0.2, -0.15) is 0 Å². The van der Waals surface area contributed by atoms with Crippen molar-refractivity contribution >= 4 is 5.78 Å². The summed E-state index contributed by atoms with van der Waals surface area (Å²) in [7, 11) is 0. The number of aromatic nitrogens is 2. The molecular weight excluding hydrogens is 420 g/mol. The van der Waals surface area contributed by atoms with E-state index in [1.165, 1.54) is 6.07 Å². The van der Waals surface area contributed by atoms with Crippen molar-refractivity contribution in [2.75, 3.05) is 0 Å². The zero-order valence-electron chi connectivity index (χ0n) is 18.8. The van der Waals surface area contributed by atoms with Crippen LogP contribution in [-0.4, -0.2) is 20.4 Å². The fraction of sp³-hybridized carbons (Fsp3) is 0.0667. The molecule has 4 heteroatoms. The lowest BCUT2D eigenvalue weighted by atomic mass is 10.0. The van der Waals surface area contributed by atoms with E-state index in [0.717, 1.165) is 22.3 Å². The maximum Gasteiger partial charge on any atom is 0.215 e. The van der Waals surface area contributed by atoms with Crippen molar-refractivity contribution in [3.05, 3.63) is 132 Å². The predicted octanol–water partition coefficient (Wildman–Crippen LogP) is 6.51. The van der Waals surface area contributed by atoms with Crippen LogP contribution in [0.25, 0.3) is 22.6 Å². The first-order valence-corrected chi connectivity index (χ1v) is 11.2. The molecule has 5 aromatic rings. The highest BCUT2D eigenvalue weighted by molar-refractivity contribution is 6.13. The zero-order valence-corrected chi connectivity index (χ0v) is 18.8. The predicted molar refractivity (Wildman–Crippen MR) is 135 cm³/mol. The van der Waals surface area contributed by atoms with Gasteiger partial charge in [-0.3, -0.25) is 4.79 Å². The average Bonchev–Trinajstić information content (AvgIpc) is 3.24. The first kappa shape index (κ1) is 21.4. The number of aryl methyl sites for hydroxylation is 1. The molecule has 0 saturated carbocycles. The van der Waals surface area contributed by atoms with Crippen molar-refractivity contribution in [3.8, 4) is 28.4 Å². The summed E-state index contributed by atoms with van der Waals surface area (Å²) in [6.07, 6.45) is 0. The molecule has 34 heavy (non-hydrogen) atoms. The van der Waals surface area contributed by atoms with Gasteiger partial charge in [0.25, 0.3) is 0 Å². The van der Waals surface area contributed by atoms with Gasteiger partial charge in [-0.05, 0) is 24.6 Å². The van der Waals surface area contributed by atoms with Crippen LogP contribution in [0.3, 0.4) is 0 Å². The summed E-state index contributed by atoms with van der Waals surface area (Å²) in [6.45, 7) is 2.50. The lowest BCUT2D eigenvalue weighted by molar-refractivity contribution is 0.102. The van der Waals surface area contributed by atoms with E-state index >= 15 is 0 Å². The molecule has 1 N–H and O–H groups in total. The van der Waals surface area contributed by atoms with Crippen LogP contribution in [0.5, 0.6) is 5.75 Å². The van der Waals surface area contributed by atoms with E-state index in [-0.39, 0.29) is 17.1 Å². The molecule has 0 unspecified atom stereocenters. The van der Waals surface area contributed by atoms with Crippen molar-refractivity contribution < 1.29 is 9.90 Å². The SMILES string of the molecule is Cc1ccc(-c2nc(-c3ccccc3)n(Cc3ccccc3)c2C(=O)c2ccccc2O)cc1. The Kier molecular flexibility index (Phi) is 5.79. The molecule has 0 fully saturated rings. The topological polar surface area (TPSA) is 55.1 Å². The maximum atomic E-state index is 14.0. The van der Waals surface area contributed by atoms with Crippen LogP contribution in [0, 0.1) is 6.92 Å². The van der Waals surface area contributed by atoms with E-state index in [0.29, 0.717) is 23.8 Å². The number of hydrogen-bond acceptors (Lipinski definition) is 3. The molecule has 0 saturated heterocycles. The van der Waals surface area contributed by atoms with E-state index in [4.69, 9.17) is 4.98 Å².